The Kier molecular flexibility index (Phi) is 5.22. The van der Waals surface area contributed by atoms with Gasteiger partial charge in [0.05, 0.1) is 6.04 Å². The lowest BCUT2D eigenvalue weighted by Crippen LogP contribution is -2.38. The summed E-state index contributed by atoms with van der Waals surface area (Å²) < 4.78 is 0. The van der Waals surface area contributed by atoms with Gasteiger partial charge in [-0.05, 0) is 24.9 Å². The number of halogens is 1. The largest absolute Gasteiger partial charge is 0.367 e. The van der Waals surface area contributed by atoms with Crippen LogP contribution in [0.5, 0.6) is 0 Å². The number of nitrogens with zero attached hydrogens (tertiary/aromatic N) is 1. The summed E-state index contributed by atoms with van der Waals surface area (Å²) in [5, 5.41) is 18.4. The fraction of sp³-hybridized carbons (Fsp3) is 0.500. The molecule has 1 aliphatic heterocycles. The highest BCUT2D eigenvalue weighted by atomic mass is 35.5. The Morgan fingerprint density at radius 3 is 2.56 bits per heavy atom. The van der Waals surface area contributed by atoms with E-state index < -0.39 is 6.29 Å². The van der Waals surface area contributed by atoms with E-state index in [0.717, 1.165) is 25.9 Å². The Morgan fingerprint density at radius 2 is 1.94 bits per heavy atom. The Balaban J connectivity index is 0.00000128. The number of benzene rings is 1. The van der Waals surface area contributed by atoms with Gasteiger partial charge in [-0.3, -0.25) is 4.90 Å². The van der Waals surface area contributed by atoms with Crippen molar-refractivity contribution in [2.45, 2.75) is 31.7 Å². The Hall–Kier alpha value is -0.610. The third kappa shape index (κ3) is 3.19. The maximum atomic E-state index is 9.21. The second-order valence-corrected chi connectivity index (χ2v) is 4.08. The maximum Gasteiger partial charge on any atom is 0.167 e. The molecular weight excluding hydrogens is 226 g/mol. The van der Waals surface area contributed by atoms with Gasteiger partial charge in [-0.2, -0.15) is 0 Å². The van der Waals surface area contributed by atoms with Gasteiger partial charge in [0.2, 0.25) is 0 Å². The van der Waals surface area contributed by atoms with E-state index in [1.54, 1.807) is 0 Å². The van der Waals surface area contributed by atoms with Crippen molar-refractivity contribution in [3.05, 3.63) is 35.9 Å². The van der Waals surface area contributed by atoms with E-state index in [1.807, 2.05) is 18.2 Å². The van der Waals surface area contributed by atoms with Crippen molar-refractivity contribution in [2.24, 2.45) is 0 Å². The van der Waals surface area contributed by atoms with Gasteiger partial charge in [-0.1, -0.05) is 30.3 Å². The standard InChI is InChI=1S/C12H17NO2.ClH/c14-12(15)11-7-4-8-13(11)9-10-5-2-1-3-6-10;/h1-3,5-6,11-12,14-15H,4,7-9H2;1H. The quantitative estimate of drug-likeness (QED) is 0.789. The molecule has 2 rings (SSSR count). The second-order valence-electron chi connectivity index (χ2n) is 4.08. The van der Waals surface area contributed by atoms with Crippen LogP contribution in [0.2, 0.25) is 0 Å². The summed E-state index contributed by atoms with van der Waals surface area (Å²) in [5.41, 5.74) is 1.23. The monoisotopic (exact) mass is 243 g/mol. The number of aliphatic hydroxyl groups is 2. The molecule has 1 fully saturated rings. The van der Waals surface area contributed by atoms with Gasteiger partial charge in [0, 0.05) is 6.54 Å². The van der Waals surface area contributed by atoms with Crippen LogP contribution in [0.25, 0.3) is 0 Å². The molecule has 90 valence electrons. The van der Waals surface area contributed by atoms with Crippen LogP contribution < -0.4 is 0 Å². The molecule has 0 aliphatic carbocycles. The van der Waals surface area contributed by atoms with Crippen molar-refractivity contribution in [1.29, 1.82) is 0 Å². The first-order chi connectivity index (χ1) is 7.27. The van der Waals surface area contributed by atoms with Crippen LogP contribution in [-0.4, -0.2) is 34.0 Å². The summed E-state index contributed by atoms with van der Waals surface area (Å²) in [6.45, 7) is 1.76. The molecule has 1 heterocycles. The number of aliphatic hydroxyl groups excluding tert-OH is 1. The highest BCUT2D eigenvalue weighted by Crippen LogP contribution is 2.21. The maximum absolute atomic E-state index is 9.21. The molecule has 1 aromatic rings. The molecule has 16 heavy (non-hydrogen) atoms. The average Bonchev–Trinajstić information content (AvgIpc) is 2.67. The summed E-state index contributed by atoms with van der Waals surface area (Å²) in [7, 11) is 0. The number of hydrogen-bond acceptors (Lipinski definition) is 3. The minimum absolute atomic E-state index is 0. The van der Waals surface area contributed by atoms with Gasteiger partial charge < -0.3 is 10.2 Å². The summed E-state index contributed by atoms with van der Waals surface area (Å²) >= 11 is 0. The van der Waals surface area contributed by atoms with Crippen LogP contribution in [0.1, 0.15) is 18.4 Å². The average molecular weight is 244 g/mol. The van der Waals surface area contributed by atoms with E-state index >= 15 is 0 Å². The molecule has 1 atom stereocenters. The van der Waals surface area contributed by atoms with Crippen LogP contribution in [0.4, 0.5) is 0 Å². The molecule has 1 aromatic carbocycles. The van der Waals surface area contributed by atoms with E-state index in [0.29, 0.717) is 0 Å². The van der Waals surface area contributed by atoms with Crippen molar-refractivity contribution in [3.8, 4) is 0 Å². The summed E-state index contributed by atoms with van der Waals surface area (Å²) in [6, 6.07) is 10.1. The number of rotatable bonds is 3. The Morgan fingerprint density at radius 1 is 1.25 bits per heavy atom. The van der Waals surface area contributed by atoms with Gasteiger partial charge in [0.15, 0.2) is 6.29 Å². The van der Waals surface area contributed by atoms with E-state index in [1.165, 1.54) is 5.56 Å². The fourth-order valence-corrected chi connectivity index (χ4v) is 2.20. The summed E-state index contributed by atoms with van der Waals surface area (Å²) in [6.07, 6.45) is 0.718. The van der Waals surface area contributed by atoms with Crippen LogP contribution in [-0.2, 0) is 6.54 Å². The van der Waals surface area contributed by atoms with Crippen molar-refractivity contribution >= 4 is 12.4 Å². The van der Waals surface area contributed by atoms with Crippen molar-refractivity contribution in [3.63, 3.8) is 0 Å². The first kappa shape index (κ1) is 13.5. The minimum Gasteiger partial charge on any atom is -0.367 e. The zero-order valence-corrected chi connectivity index (χ0v) is 9.94. The Labute approximate surface area is 102 Å². The predicted molar refractivity (Wildman–Crippen MR) is 65.3 cm³/mol. The van der Waals surface area contributed by atoms with E-state index in [2.05, 4.69) is 17.0 Å². The predicted octanol–water partition coefficient (Wildman–Crippen LogP) is 1.38. The van der Waals surface area contributed by atoms with Gasteiger partial charge in [0.25, 0.3) is 0 Å². The lowest BCUT2D eigenvalue weighted by molar-refractivity contribution is -0.0917. The molecule has 1 saturated heterocycles. The molecule has 0 amide bonds. The fourth-order valence-electron chi connectivity index (χ4n) is 2.20. The third-order valence-corrected chi connectivity index (χ3v) is 2.99. The van der Waals surface area contributed by atoms with Crippen molar-refractivity contribution in [2.75, 3.05) is 6.54 Å². The highest BCUT2D eigenvalue weighted by molar-refractivity contribution is 5.85. The Bertz CT molecular complexity index is 305. The zero-order chi connectivity index (χ0) is 10.7. The molecule has 2 N–H and O–H groups in total. The smallest absolute Gasteiger partial charge is 0.167 e. The molecule has 4 heteroatoms. The zero-order valence-electron chi connectivity index (χ0n) is 9.12. The molecule has 0 spiro atoms. The molecular formula is C12H18ClNO2. The first-order valence-corrected chi connectivity index (χ1v) is 5.41. The minimum atomic E-state index is -1.21. The molecule has 0 radical (unpaired) electrons. The van der Waals surface area contributed by atoms with Gasteiger partial charge in [-0.15, -0.1) is 12.4 Å². The van der Waals surface area contributed by atoms with Gasteiger partial charge in [-0.25, -0.2) is 0 Å². The first-order valence-electron chi connectivity index (χ1n) is 5.41. The lowest BCUT2D eigenvalue weighted by atomic mass is 10.2. The SMILES string of the molecule is Cl.OC(O)C1CCCN1Cc1ccccc1. The topological polar surface area (TPSA) is 43.7 Å². The van der Waals surface area contributed by atoms with E-state index in [9.17, 15) is 10.2 Å². The van der Waals surface area contributed by atoms with Crippen molar-refractivity contribution < 1.29 is 10.2 Å². The van der Waals surface area contributed by atoms with Gasteiger partial charge >= 0.3 is 0 Å². The molecule has 3 nitrogen and oxygen atoms in total. The highest BCUT2D eigenvalue weighted by Gasteiger charge is 2.29. The van der Waals surface area contributed by atoms with Crippen LogP contribution in [0.3, 0.4) is 0 Å². The summed E-state index contributed by atoms with van der Waals surface area (Å²) in [4.78, 5) is 2.14. The normalized spacial score (nSPS) is 21.1. The summed E-state index contributed by atoms with van der Waals surface area (Å²) in [5.74, 6) is 0. The van der Waals surface area contributed by atoms with E-state index in [4.69, 9.17) is 0 Å². The molecule has 0 saturated carbocycles. The molecule has 0 bridgehead atoms. The molecule has 0 aromatic heterocycles. The third-order valence-electron chi connectivity index (χ3n) is 2.99. The molecule has 1 aliphatic rings. The number of likely N-dealkylation sites (tertiary alicyclic amines) is 1. The number of hydrogen-bond donors (Lipinski definition) is 2. The lowest BCUT2D eigenvalue weighted by Gasteiger charge is -2.25. The molecule has 1 unspecified atom stereocenters. The van der Waals surface area contributed by atoms with Crippen molar-refractivity contribution in [1.82, 2.24) is 4.90 Å². The van der Waals surface area contributed by atoms with E-state index in [-0.39, 0.29) is 18.4 Å². The van der Waals surface area contributed by atoms with Crippen LogP contribution in [0.15, 0.2) is 30.3 Å². The second kappa shape index (κ2) is 6.21. The van der Waals surface area contributed by atoms with Crippen LogP contribution in [0, 0.1) is 0 Å². The van der Waals surface area contributed by atoms with Gasteiger partial charge in [0.1, 0.15) is 0 Å². The van der Waals surface area contributed by atoms with Crippen LogP contribution >= 0.6 is 12.4 Å².